The van der Waals surface area contributed by atoms with Crippen molar-refractivity contribution in [1.82, 2.24) is 4.90 Å². The summed E-state index contributed by atoms with van der Waals surface area (Å²) >= 11 is 0. The topological polar surface area (TPSA) is 23.6 Å². The molecule has 1 heterocycles. The zero-order chi connectivity index (χ0) is 16.4. The van der Waals surface area contributed by atoms with Gasteiger partial charge in [0.15, 0.2) is 5.78 Å². The second-order valence-corrected chi connectivity index (χ2v) is 7.13. The van der Waals surface area contributed by atoms with Gasteiger partial charge >= 0.3 is 0 Å². The third-order valence-corrected chi connectivity index (χ3v) is 5.50. The van der Waals surface area contributed by atoms with E-state index in [4.69, 9.17) is 0 Å². The maximum absolute atomic E-state index is 14.0. The maximum Gasteiger partial charge on any atom is 0.164 e. The summed E-state index contributed by atoms with van der Waals surface area (Å²) in [6.45, 7) is 7.55. The number of Topliss-reactive ketones (excluding diaryl/α,β-unsaturated/α-hetero) is 1. The molecule has 1 saturated heterocycles. The number of carbonyl (C=O) groups excluding carboxylic acids is 1. The third kappa shape index (κ3) is 3.57. The van der Waals surface area contributed by atoms with Gasteiger partial charge in [-0.3, -0.25) is 9.69 Å². The normalized spacial score (nSPS) is 26.3. The molecule has 0 aromatic heterocycles. The standard InChI is InChI=1S/C19H27FN2O/c1-14-6-8-16(9-7-14)21-10-12-22(13-11-21)18-5-3-4-17(20)19(18)15(2)23/h3-5,14,16H,6-13H2,1-2H3. The van der Waals surface area contributed by atoms with Crippen LogP contribution in [0.25, 0.3) is 0 Å². The summed E-state index contributed by atoms with van der Waals surface area (Å²) in [6, 6.07) is 5.66. The van der Waals surface area contributed by atoms with Gasteiger partial charge in [0.25, 0.3) is 0 Å². The van der Waals surface area contributed by atoms with Crippen molar-refractivity contribution in [2.75, 3.05) is 31.1 Å². The van der Waals surface area contributed by atoms with Crippen molar-refractivity contribution in [2.45, 2.75) is 45.6 Å². The number of hydrogen-bond donors (Lipinski definition) is 0. The van der Waals surface area contributed by atoms with Gasteiger partial charge < -0.3 is 4.90 Å². The molecule has 2 aliphatic rings. The highest BCUT2D eigenvalue weighted by Gasteiger charge is 2.28. The van der Waals surface area contributed by atoms with E-state index in [9.17, 15) is 9.18 Å². The zero-order valence-corrected chi connectivity index (χ0v) is 14.2. The van der Waals surface area contributed by atoms with E-state index < -0.39 is 5.82 Å². The van der Waals surface area contributed by atoms with Crippen LogP contribution in [0.4, 0.5) is 10.1 Å². The van der Waals surface area contributed by atoms with Crippen LogP contribution in [-0.4, -0.2) is 42.9 Å². The number of halogens is 1. The molecular weight excluding hydrogens is 291 g/mol. The van der Waals surface area contributed by atoms with Gasteiger partial charge in [-0.1, -0.05) is 13.0 Å². The summed E-state index contributed by atoms with van der Waals surface area (Å²) in [6.07, 6.45) is 5.28. The van der Waals surface area contributed by atoms with Crippen molar-refractivity contribution in [2.24, 2.45) is 5.92 Å². The van der Waals surface area contributed by atoms with E-state index in [0.29, 0.717) is 6.04 Å². The van der Waals surface area contributed by atoms with Crippen LogP contribution in [0, 0.1) is 11.7 Å². The Kier molecular flexibility index (Phi) is 5.00. The number of ketones is 1. The average Bonchev–Trinajstić information content (AvgIpc) is 2.55. The first-order chi connectivity index (χ1) is 11.1. The minimum atomic E-state index is -0.404. The summed E-state index contributed by atoms with van der Waals surface area (Å²) in [4.78, 5) is 16.6. The number of rotatable bonds is 3. The predicted octanol–water partition coefficient (Wildman–Crippen LogP) is 3.73. The number of carbonyl (C=O) groups is 1. The van der Waals surface area contributed by atoms with E-state index >= 15 is 0 Å². The molecule has 1 aliphatic heterocycles. The van der Waals surface area contributed by atoms with Crippen LogP contribution in [0.2, 0.25) is 0 Å². The molecule has 3 rings (SSSR count). The number of piperazine rings is 1. The summed E-state index contributed by atoms with van der Waals surface area (Å²) in [7, 11) is 0. The summed E-state index contributed by atoms with van der Waals surface area (Å²) in [5.41, 5.74) is 1.00. The largest absolute Gasteiger partial charge is 0.368 e. The fourth-order valence-electron chi connectivity index (χ4n) is 4.06. The molecule has 1 aromatic rings. The van der Waals surface area contributed by atoms with E-state index in [-0.39, 0.29) is 11.3 Å². The summed E-state index contributed by atoms with van der Waals surface area (Å²) < 4.78 is 14.0. The van der Waals surface area contributed by atoms with Crippen LogP contribution in [0.3, 0.4) is 0 Å². The number of nitrogens with zero attached hydrogens (tertiary/aromatic N) is 2. The quantitative estimate of drug-likeness (QED) is 0.794. The van der Waals surface area contributed by atoms with Crippen molar-refractivity contribution in [3.05, 3.63) is 29.6 Å². The summed E-state index contributed by atoms with van der Waals surface area (Å²) in [5, 5.41) is 0. The van der Waals surface area contributed by atoms with Crippen LogP contribution in [-0.2, 0) is 0 Å². The predicted molar refractivity (Wildman–Crippen MR) is 91.6 cm³/mol. The van der Waals surface area contributed by atoms with Gasteiger partial charge in [0, 0.05) is 32.2 Å². The molecular formula is C19H27FN2O. The van der Waals surface area contributed by atoms with Gasteiger partial charge in [-0.15, -0.1) is 0 Å². The van der Waals surface area contributed by atoms with Crippen molar-refractivity contribution in [1.29, 1.82) is 0 Å². The Morgan fingerprint density at radius 3 is 2.35 bits per heavy atom. The Hall–Kier alpha value is -1.42. The molecule has 0 N–H and O–H groups in total. The van der Waals surface area contributed by atoms with Crippen LogP contribution in [0.15, 0.2) is 18.2 Å². The third-order valence-electron chi connectivity index (χ3n) is 5.50. The molecule has 4 heteroatoms. The van der Waals surface area contributed by atoms with Crippen molar-refractivity contribution in [3.63, 3.8) is 0 Å². The highest BCUT2D eigenvalue weighted by Crippen LogP contribution is 2.29. The fourth-order valence-corrected chi connectivity index (χ4v) is 4.06. The summed E-state index contributed by atoms with van der Waals surface area (Å²) in [5.74, 6) is 0.276. The second kappa shape index (κ2) is 7.00. The zero-order valence-electron chi connectivity index (χ0n) is 14.2. The van der Waals surface area contributed by atoms with E-state index in [1.807, 2.05) is 6.07 Å². The van der Waals surface area contributed by atoms with Gasteiger partial charge in [-0.2, -0.15) is 0 Å². The maximum atomic E-state index is 14.0. The Labute approximate surface area is 138 Å². The lowest BCUT2D eigenvalue weighted by Gasteiger charge is -2.42. The van der Waals surface area contributed by atoms with E-state index in [1.165, 1.54) is 38.7 Å². The molecule has 0 amide bonds. The SMILES string of the molecule is CC(=O)c1c(F)cccc1N1CCN(C2CCC(C)CC2)CC1. The minimum absolute atomic E-state index is 0.193. The van der Waals surface area contributed by atoms with Crippen LogP contribution < -0.4 is 4.90 Å². The molecule has 0 unspecified atom stereocenters. The van der Waals surface area contributed by atoms with Crippen LogP contribution in [0.1, 0.15) is 49.9 Å². The molecule has 23 heavy (non-hydrogen) atoms. The number of anilines is 1. The Morgan fingerprint density at radius 2 is 1.74 bits per heavy atom. The van der Waals surface area contributed by atoms with Crippen molar-refractivity contribution >= 4 is 11.5 Å². The van der Waals surface area contributed by atoms with Gasteiger partial charge in [0.05, 0.1) is 11.3 Å². The average molecular weight is 318 g/mol. The molecule has 3 nitrogen and oxygen atoms in total. The lowest BCUT2D eigenvalue weighted by Crippen LogP contribution is -2.51. The first-order valence-electron chi connectivity index (χ1n) is 8.84. The van der Waals surface area contributed by atoms with Gasteiger partial charge in [-0.25, -0.2) is 4.39 Å². The van der Waals surface area contributed by atoms with Crippen LogP contribution in [0.5, 0.6) is 0 Å². The molecule has 0 atom stereocenters. The molecule has 0 bridgehead atoms. The Bertz CT molecular complexity index is 558. The molecule has 0 spiro atoms. The van der Waals surface area contributed by atoms with E-state index in [0.717, 1.165) is 37.8 Å². The molecule has 2 fully saturated rings. The van der Waals surface area contributed by atoms with E-state index in [1.54, 1.807) is 6.07 Å². The lowest BCUT2D eigenvalue weighted by atomic mass is 9.86. The van der Waals surface area contributed by atoms with Crippen molar-refractivity contribution < 1.29 is 9.18 Å². The molecule has 126 valence electrons. The van der Waals surface area contributed by atoms with E-state index in [2.05, 4.69) is 16.7 Å². The minimum Gasteiger partial charge on any atom is -0.368 e. The number of benzene rings is 1. The van der Waals surface area contributed by atoms with Crippen molar-refractivity contribution in [3.8, 4) is 0 Å². The van der Waals surface area contributed by atoms with Gasteiger partial charge in [0.1, 0.15) is 5.82 Å². The monoisotopic (exact) mass is 318 g/mol. The lowest BCUT2D eigenvalue weighted by molar-refractivity contribution is 0.101. The highest BCUT2D eigenvalue weighted by atomic mass is 19.1. The highest BCUT2D eigenvalue weighted by molar-refractivity contribution is 6.00. The first kappa shape index (κ1) is 16.4. The smallest absolute Gasteiger partial charge is 0.164 e. The van der Waals surface area contributed by atoms with Gasteiger partial charge in [-0.05, 0) is 50.7 Å². The molecule has 1 saturated carbocycles. The molecule has 0 radical (unpaired) electrons. The Balaban J connectivity index is 1.65. The van der Waals surface area contributed by atoms with Gasteiger partial charge in [0.2, 0.25) is 0 Å². The molecule has 1 aromatic carbocycles. The fraction of sp³-hybridized carbons (Fsp3) is 0.632. The second-order valence-electron chi connectivity index (χ2n) is 7.13. The first-order valence-corrected chi connectivity index (χ1v) is 8.84. The molecule has 1 aliphatic carbocycles. The Morgan fingerprint density at radius 1 is 1.09 bits per heavy atom. The number of hydrogen-bond acceptors (Lipinski definition) is 3. The van der Waals surface area contributed by atoms with Crippen LogP contribution >= 0.6 is 0 Å².